The summed E-state index contributed by atoms with van der Waals surface area (Å²) < 4.78 is 1.80. The molecular formula is C5H6N4S. The number of fused-ring (bicyclic) bond motifs is 1. The van der Waals surface area contributed by atoms with Crippen molar-refractivity contribution >= 4 is 23.2 Å². The lowest BCUT2D eigenvalue weighted by Gasteiger charge is -2.13. The second kappa shape index (κ2) is 2.02. The van der Waals surface area contributed by atoms with E-state index in [1.165, 1.54) is 6.33 Å². The monoisotopic (exact) mass is 154 g/mol. The van der Waals surface area contributed by atoms with Crippen molar-refractivity contribution in [3.8, 4) is 0 Å². The van der Waals surface area contributed by atoms with Gasteiger partial charge in [-0.2, -0.15) is 10.1 Å². The fraction of sp³-hybridized carbons (Fsp3) is 0.400. The van der Waals surface area contributed by atoms with Gasteiger partial charge in [0.25, 0.3) is 0 Å². The van der Waals surface area contributed by atoms with Gasteiger partial charge in [0.1, 0.15) is 6.33 Å². The van der Waals surface area contributed by atoms with E-state index in [0.717, 1.165) is 23.9 Å². The third kappa shape index (κ3) is 0.786. The van der Waals surface area contributed by atoms with Gasteiger partial charge in [-0.25, -0.2) is 4.68 Å². The first kappa shape index (κ1) is 5.79. The molecule has 52 valence electrons. The number of nitrogens with zero attached hydrogens (tertiary/aromatic N) is 3. The fourth-order valence-electron chi connectivity index (χ4n) is 0.919. The maximum Gasteiger partial charge on any atom is 0.226 e. The number of aryl methyl sites for hydroxylation is 1. The molecule has 1 aromatic heterocycles. The molecule has 0 radical (unpaired) electrons. The second-order valence-corrected chi connectivity index (χ2v) is 2.60. The molecule has 0 fully saturated rings. The molecule has 4 nitrogen and oxygen atoms in total. The van der Waals surface area contributed by atoms with Gasteiger partial charge in [0.2, 0.25) is 5.95 Å². The molecule has 2 heterocycles. The zero-order valence-corrected chi connectivity index (χ0v) is 6.06. The average molecular weight is 154 g/mol. The van der Waals surface area contributed by atoms with Gasteiger partial charge in [0.05, 0.1) is 11.5 Å². The zero-order valence-electron chi connectivity index (χ0n) is 5.24. The largest absolute Gasteiger partial charge is 0.319 e. The maximum absolute atomic E-state index is 4.96. The van der Waals surface area contributed by atoms with Crippen LogP contribution in [0.3, 0.4) is 0 Å². The summed E-state index contributed by atoms with van der Waals surface area (Å²) in [6.07, 6.45) is 2.39. The molecule has 0 spiro atoms. The number of aromatic nitrogens is 3. The predicted octanol–water partition coefficient (Wildman–Crippen LogP) is 0.421. The highest BCUT2D eigenvalue weighted by Crippen LogP contribution is 2.09. The van der Waals surface area contributed by atoms with Gasteiger partial charge in [-0.05, 0) is 0 Å². The van der Waals surface area contributed by atoms with Crippen LogP contribution >= 0.6 is 12.2 Å². The Hall–Kier alpha value is -0.970. The number of rotatable bonds is 0. The minimum atomic E-state index is 0.760. The highest BCUT2D eigenvalue weighted by Gasteiger charge is 2.11. The van der Waals surface area contributed by atoms with Crippen molar-refractivity contribution < 1.29 is 0 Å². The molecule has 0 atom stereocenters. The molecule has 0 saturated carbocycles. The summed E-state index contributed by atoms with van der Waals surface area (Å²) in [5, 5.41) is 6.94. The smallest absolute Gasteiger partial charge is 0.226 e. The minimum Gasteiger partial charge on any atom is -0.319 e. The van der Waals surface area contributed by atoms with Crippen molar-refractivity contribution in [3.63, 3.8) is 0 Å². The predicted molar refractivity (Wildman–Crippen MR) is 40.9 cm³/mol. The molecular weight excluding hydrogens is 148 g/mol. The number of hydrogen-bond acceptors (Lipinski definition) is 3. The van der Waals surface area contributed by atoms with Crippen LogP contribution in [0.2, 0.25) is 0 Å². The van der Waals surface area contributed by atoms with E-state index in [2.05, 4.69) is 15.4 Å². The molecule has 1 N–H and O–H groups in total. The van der Waals surface area contributed by atoms with Crippen LogP contribution in [0, 0.1) is 0 Å². The van der Waals surface area contributed by atoms with Gasteiger partial charge in [0.15, 0.2) is 0 Å². The van der Waals surface area contributed by atoms with Crippen LogP contribution in [0.15, 0.2) is 6.33 Å². The Kier molecular flexibility index (Phi) is 1.17. The standard InChI is InChI=1S/C5H6N4S/c10-4-1-2-9-5(8-4)6-3-7-9/h3H,1-2H2,(H,6,7,8,10). The molecule has 0 aliphatic carbocycles. The summed E-state index contributed by atoms with van der Waals surface area (Å²) in [4.78, 5) is 4.81. The Morgan fingerprint density at radius 2 is 2.60 bits per heavy atom. The Morgan fingerprint density at radius 1 is 1.70 bits per heavy atom. The van der Waals surface area contributed by atoms with Crippen LogP contribution < -0.4 is 5.32 Å². The number of anilines is 1. The van der Waals surface area contributed by atoms with E-state index < -0.39 is 0 Å². The van der Waals surface area contributed by atoms with E-state index in [1.54, 1.807) is 4.68 Å². The van der Waals surface area contributed by atoms with E-state index in [9.17, 15) is 0 Å². The average Bonchev–Trinajstić information content (AvgIpc) is 2.33. The Balaban J connectivity index is 2.39. The zero-order chi connectivity index (χ0) is 6.97. The number of nitrogens with one attached hydrogen (secondary N) is 1. The van der Waals surface area contributed by atoms with Crippen molar-refractivity contribution in [2.75, 3.05) is 5.32 Å². The van der Waals surface area contributed by atoms with E-state index in [0.29, 0.717) is 0 Å². The van der Waals surface area contributed by atoms with Crippen LogP contribution in [-0.2, 0) is 6.54 Å². The Morgan fingerprint density at radius 3 is 3.50 bits per heavy atom. The highest BCUT2D eigenvalue weighted by atomic mass is 32.1. The molecule has 0 unspecified atom stereocenters. The van der Waals surface area contributed by atoms with Crippen molar-refractivity contribution in [2.45, 2.75) is 13.0 Å². The van der Waals surface area contributed by atoms with Gasteiger partial charge in [0, 0.05) is 6.42 Å². The topological polar surface area (TPSA) is 42.7 Å². The molecule has 5 heteroatoms. The summed E-state index contributed by atoms with van der Waals surface area (Å²) >= 11 is 4.96. The number of hydrogen-bond donors (Lipinski definition) is 1. The van der Waals surface area contributed by atoms with E-state index in [1.807, 2.05) is 0 Å². The molecule has 10 heavy (non-hydrogen) atoms. The normalized spacial score (nSPS) is 16.2. The summed E-state index contributed by atoms with van der Waals surface area (Å²) in [6.45, 7) is 0.848. The van der Waals surface area contributed by atoms with Crippen LogP contribution in [0.1, 0.15) is 6.42 Å². The lowest BCUT2D eigenvalue weighted by atomic mass is 10.4. The van der Waals surface area contributed by atoms with Crippen molar-refractivity contribution in [1.82, 2.24) is 14.8 Å². The number of thiocarbonyl (C=S) groups is 1. The van der Waals surface area contributed by atoms with Gasteiger partial charge in [-0.15, -0.1) is 0 Å². The van der Waals surface area contributed by atoms with Crippen LogP contribution in [0.25, 0.3) is 0 Å². The van der Waals surface area contributed by atoms with E-state index >= 15 is 0 Å². The molecule has 0 aromatic carbocycles. The summed E-state index contributed by atoms with van der Waals surface area (Å²) in [5.74, 6) is 0.760. The molecule has 0 amide bonds. The van der Waals surface area contributed by atoms with E-state index in [-0.39, 0.29) is 0 Å². The van der Waals surface area contributed by atoms with E-state index in [4.69, 9.17) is 12.2 Å². The molecule has 1 aromatic rings. The molecule has 2 rings (SSSR count). The Labute approximate surface area is 63.3 Å². The third-order valence-corrected chi connectivity index (χ3v) is 1.72. The molecule has 0 bridgehead atoms. The van der Waals surface area contributed by atoms with Gasteiger partial charge in [-0.3, -0.25) is 0 Å². The Bertz CT molecular complexity index is 266. The molecule has 0 saturated heterocycles. The van der Waals surface area contributed by atoms with Crippen molar-refractivity contribution in [2.24, 2.45) is 0 Å². The van der Waals surface area contributed by atoms with Crippen LogP contribution in [0.5, 0.6) is 0 Å². The first-order valence-electron chi connectivity index (χ1n) is 3.04. The third-order valence-electron chi connectivity index (χ3n) is 1.42. The lowest BCUT2D eigenvalue weighted by molar-refractivity contribution is 0.630. The summed E-state index contributed by atoms with van der Waals surface area (Å²) in [6, 6.07) is 0. The van der Waals surface area contributed by atoms with Crippen molar-refractivity contribution in [3.05, 3.63) is 6.33 Å². The summed E-state index contributed by atoms with van der Waals surface area (Å²) in [7, 11) is 0. The maximum atomic E-state index is 4.96. The molecule has 1 aliphatic rings. The van der Waals surface area contributed by atoms with Gasteiger partial charge < -0.3 is 5.32 Å². The van der Waals surface area contributed by atoms with Crippen LogP contribution in [-0.4, -0.2) is 19.8 Å². The molecule has 1 aliphatic heterocycles. The fourth-order valence-corrected chi connectivity index (χ4v) is 1.10. The van der Waals surface area contributed by atoms with Gasteiger partial charge >= 0.3 is 0 Å². The summed E-state index contributed by atoms with van der Waals surface area (Å²) in [5.41, 5.74) is 0. The van der Waals surface area contributed by atoms with Crippen LogP contribution in [0.4, 0.5) is 5.95 Å². The second-order valence-electron chi connectivity index (χ2n) is 2.10. The van der Waals surface area contributed by atoms with Gasteiger partial charge in [-0.1, -0.05) is 12.2 Å². The quantitative estimate of drug-likeness (QED) is 0.550. The minimum absolute atomic E-state index is 0.760. The lowest BCUT2D eigenvalue weighted by Crippen LogP contribution is -2.22. The van der Waals surface area contributed by atoms with Crippen molar-refractivity contribution in [1.29, 1.82) is 0 Å². The first-order valence-corrected chi connectivity index (χ1v) is 3.45. The SMILES string of the molecule is S=C1CCn2ncnc2N1. The highest BCUT2D eigenvalue weighted by molar-refractivity contribution is 7.80. The first-order chi connectivity index (χ1) is 4.86.